The van der Waals surface area contributed by atoms with Gasteiger partial charge in [-0.2, -0.15) is 0 Å². The maximum absolute atomic E-state index is 4.62. The topological polar surface area (TPSA) is 17.8 Å². The molecule has 31 heavy (non-hydrogen) atoms. The van der Waals surface area contributed by atoms with E-state index in [0.29, 0.717) is 0 Å². The van der Waals surface area contributed by atoms with Gasteiger partial charge < -0.3 is 4.57 Å². The van der Waals surface area contributed by atoms with Gasteiger partial charge >= 0.3 is 0 Å². The highest BCUT2D eigenvalue weighted by atomic mass is 15.0. The minimum atomic E-state index is 0.996. The summed E-state index contributed by atoms with van der Waals surface area (Å²) in [4.78, 5) is 4.62. The van der Waals surface area contributed by atoms with E-state index in [1.54, 1.807) is 0 Å². The average Bonchev–Trinajstić information content (AvgIpc) is 3.20. The molecule has 0 fully saturated rings. The molecule has 146 valence electrons. The molecule has 2 nitrogen and oxygen atoms in total. The van der Waals surface area contributed by atoms with Gasteiger partial charge in [-0.25, -0.2) is 0 Å². The Labute approximate surface area is 181 Å². The molecular formula is C29H20N2. The van der Waals surface area contributed by atoms with E-state index in [9.17, 15) is 0 Å². The molecule has 0 amide bonds. The van der Waals surface area contributed by atoms with Gasteiger partial charge in [0.05, 0.1) is 16.7 Å². The third-order valence-corrected chi connectivity index (χ3v) is 5.87. The fourth-order valence-electron chi connectivity index (χ4n) is 4.47. The second-order valence-electron chi connectivity index (χ2n) is 7.68. The smallest absolute Gasteiger partial charge is 0.0708 e. The molecule has 0 unspecified atom stereocenters. The molecule has 0 aliphatic rings. The second-order valence-corrected chi connectivity index (χ2v) is 7.68. The van der Waals surface area contributed by atoms with Gasteiger partial charge in [-0.3, -0.25) is 4.98 Å². The number of aromatic nitrogens is 2. The summed E-state index contributed by atoms with van der Waals surface area (Å²) in [7, 11) is 0. The molecule has 6 aromatic rings. The molecule has 2 heteroatoms. The van der Waals surface area contributed by atoms with E-state index in [-0.39, 0.29) is 0 Å². The van der Waals surface area contributed by atoms with Crippen molar-refractivity contribution in [2.24, 2.45) is 0 Å². The van der Waals surface area contributed by atoms with E-state index in [1.165, 1.54) is 32.9 Å². The molecule has 0 bridgehead atoms. The fraction of sp³-hybridized carbons (Fsp3) is 0. The molecule has 0 radical (unpaired) electrons. The van der Waals surface area contributed by atoms with Crippen molar-refractivity contribution >= 4 is 21.8 Å². The third-order valence-electron chi connectivity index (χ3n) is 5.87. The van der Waals surface area contributed by atoms with Gasteiger partial charge in [-0.15, -0.1) is 0 Å². The number of fused-ring (bicyclic) bond motifs is 3. The lowest BCUT2D eigenvalue weighted by atomic mass is 10.0. The van der Waals surface area contributed by atoms with Crippen molar-refractivity contribution in [2.75, 3.05) is 0 Å². The van der Waals surface area contributed by atoms with Gasteiger partial charge in [0.15, 0.2) is 0 Å². The van der Waals surface area contributed by atoms with Gasteiger partial charge in [0.2, 0.25) is 0 Å². The molecule has 2 heterocycles. The fourth-order valence-corrected chi connectivity index (χ4v) is 4.47. The molecule has 0 aliphatic heterocycles. The predicted octanol–water partition coefficient (Wildman–Crippen LogP) is 7.51. The Morgan fingerprint density at radius 1 is 0.516 bits per heavy atom. The largest absolute Gasteiger partial charge is 0.309 e. The zero-order valence-electron chi connectivity index (χ0n) is 16.9. The van der Waals surface area contributed by atoms with Crippen LogP contribution in [0.2, 0.25) is 0 Å². The number of pyridine rings is 1. The lowest BCUT2D eigenvalue weighted by Gasteiger charge is -2.10. The minimum Gasteiger partial charge on any atom is -0.309 e. The molecule has 4 aromatic carbocycles. The van der Waals surface area contributed by atoms with Crippen LogP contribution in [0.5, 0.6) is 0 Å². The Morgan fingerprint density at radius 3 is 2.03 bits per heavy atom. The van der Waals surface area contributed by atoms with Gasteiger partial charge in [-0.05, 0) is 47.5 Å². The average molecular weight is 396 g/mol. The number of rotatable bonds is 3. The van der Waals surface area contributed by atoms with E-state index in [0.717, 1.165) is 16.9 Å². The number of nitrogens with zero attached hydrogens (tertiary/aromatic N) is 2. The lowest BCUT2D eigenvalue weighted by molar-refractivity contribution is 1.18. The highest BCUT2D eigenvalue weighted by Crippen LogP contribution is 2.38. The molecule has 2 aromatic heterocycles. The standard InChI is InChI=1S/C29H20N2/c1-2-9-21(10-3-1)22-16-18-23(19-17-22)31-27-14-5-4-11-25(27)29-24(12-8-15-28(29)31)26-13-6-7-20-30-26/h1-20H. The summed E-state index contributed by atoms with van der Waals surface area (Å²) in [6.07, 6.45) is 1.86. The van der Waals surface area contributed by atoms with Gasteiger partial charge in [0.1, 0.15) is 0 Å². The van der Waals surface area contributed by atoms with Gasteiger partial charge in [0.25, 0.3) is 0 Å². The van der Waals surface area contributed by atoms with Gasteiger partial charge in [-0.1, -0.05) is 78.9 Å². The van der Waals surface area contributed by atoms with Crippen molar-refractivity contribution in [3.8, 4) is 28.1 Å². The first-order chi connectivity index (χ1) is 15.4. The third kappa shape index (κ3) is 2.92. The van der Waals surface area contributed by atoms with Crippen molar-refractivity contribution in [1.82, 2.24) is 9.55 Å². The quantitative estimate of drug-likeness (QED) is 0.303. The van der Waals surface area contributed by atoms with Crippen molar-refractivity contribution in [3.05, 3.63) is 121 Å². The van der Waals surface area contributed by atoms with Crippen molar-refractivity contribution in [3.63, 3.8) is 0 Å². The maximum atomic E-state index is 4.62. The Hall–Kier alpha value is -4.17. The molecule has 0 saturated carbocycles. The summed E-state index contributed by atoms with van der Waals surface area (Å²) in [5, 5.41) is 2.48. The molecular weight excluding hydrogens is 376 g/mol. The maximum Gasteiger partial charge on any atom is 0.0708 e. The van der Waals surface area contributed by atoms with E-state index in [2.05, 4.69) is 113 Å². The van der Waals surface area contributed by atoms with Crippen LogP contribution in [0.4, 0.5) is 0 Å². The first kappa shape index (κ1) is 17.7. The van der Waals surface area contributed by atoms with E-state index >= 15 is 0 Å². The van der Waals surface area contributed by atoms with Crippen LogP contribution in [-0.2, 0) is 0 Å². The highest BCUT2D eigenvalue weighted by molar-refractivity contribution is 6.15. The molecule has 0 N–H and O–H groups in total. The molecule has 0 spiro atoms. The minimum absolute atomic E-state index is 0.996. The summed E-state index contributed by atoms with van der Waals surface area (Å²) in [6.45, 7) is 0. The predicted molar refractivity (Wildman–Crippen MR) is 129 cm³/mol. The number of hydrogen-bond acceptors (Lipinski definition) is 1. The SMILES string of the molecule is c1ccc(-c2ccc(-n3c4ccccc4c4c(-c5ccccn5)cccc43)cc2)cc1. The highest BCUT2D eigenvalue weighted by Gasteiger charge is 2.16. The monoisotopic (exact) mass is 396 g/mol. The lowest BCUT2D eigenvalue weighted by Crippen LogP contribution is -1.94. The van der Waals surface area contributed by atoms with Crippen LogP contribution in [0.3, 0.4) is 0 Å². The van der Waals surface area contributed by atoms with Crippen LogP contribution >= 0.6 is 0 Å². The Morgan fingerprint density at radius 2 is 1.23 bits per heavy atom. The van der Waals surface area contributed by atoms with Crippen LogP contribution in [0.25, 0.3) is 49.9 Å². The van der Waals surface area contributed by atoms with E-state index in [1.807, 2.05) is 18.3 Å². The van der Waals surface area contributed by atoms with Crippen LogP contribution in [-0.4, -0.2) is 9.55 Å². The van der Waals surface area contributed by atoms with E-state index < -0.39 is 0 Å². The summed E-state index contributed by atoms with van der Waals surface area (Å²) >= 11 is 0. The number of benzene rings is 4. The number of hydrogen-bond donors (Lipinski definition) is 0. The van der Waals surface area contributed by atoms with Gasteiger partial charge in [0, 0.05) is 28.2 Å². The normalized spacial score (nSPS) is 11.2. The zero-order valence-corrected chi connectivity index (χ0v) is 16.9. The summed E-state index contributed by atoms with van der Waals surface area (Å²) in [5.41, 5.74) is 8.16. The van der Waals surface area contributed by atoms with Crippen LogP contribution < -0.4 is 0 Å². The van der Waals surface area contributed by atoms with E-state index in [4.69, 9.17) is 0 Å². The second kappa shape index (κ2) is 7.26. The van der Waals surface area contributed by atoms with Crippen molar-refractivity contribution in [1.29, 1.82) is 0 Å². The van der Waals surface area contributed by atoms with Crippen molar-refractivity contribution in [2.45, 2.75) is 0 Å². The molecule has 0 atom stereocenters. The first-order valence-electron chi connectivity index (χ1n) is 10.5. The summed E-state index contributed by atoms with van der Waals surface area (Å²) < 4.78 is 2.35. The summed E-state index contributed by atoms with van der Waals surface area (Å²) in [6, 6.07) is 40.5. The van der Waals surface area contributed by atoms with Crippen LogP contribution in [0, 0.1) is 0 Å². The first-order valence-corrected chi connectivity index (χ1v) is 10.5. The molecule has 0 aliphatic carbocycles. The Bertz CT molecular complexity index is 1500. The summed E-state index contributed by atoms with van der Waals surface area (Å²) in [5.74, 6) is 0. The Kier molecular flexibility index (Phi) is 4.14. The zero-order chi connectivity index (χ0) is 20.6. The van der Waals surface area contributed by atoms with Crippen LogP contribution in [0.1, 0.15) is 0 Å². The number of para-hydroxylation sites is 1. The van der Waals surface area contributed by atoms with Crippen LogP contribution in [0.15, 0.2) is 121 Å². The molecule has 6 rings (SSSR count). The van der Waals surface area contributed by atoms with Crippen molar-refractivity contribution < 1.29 is 0 Å². The molecule has 0 saturated heterocycles. The Balaban J connectivity index is 1.60.